The van der Waals surface area contributed by atoms with Crippen LogP contribution in [-0.2, 0) is 6.54 Å². The fourth-order valence-electron chi connectivity index (χ4n) is 2.89. The van der Waals surface area contributed by atoms with E-state index in [9.17, 15) is 0 Å². The van der Waals surface area contributed by atoms with Crippen molar-refractivity contribution in [2.24, 2.45) is 11.7 Å². The summed E-state index contributed by atoms with van der Waals surface area (Å²) in [7, 11) is 0. The van der Waals surface area contributed by atoms with Crippen LogP contribution in [0.5, 0.6) is 0 Å². The van der Waals surface area contributed by atoms with Crippen molar-refractivity contribution in [2.75, 3.05) is 13.1 Å². The third-order valence-corrected chi connectivity index (χ3v) is 3.90. The van der Waals surface area contributed by atoms with E-state index in [0.29, 0.717) is 6.04 Å². The molecule has 0 aliphatic heterocycles. The van der Waals surface area contributed by atoms with Crippen LogP contribution < -0.4 is 5.73 Å². The van der Waals surface area contributed by atoms with Gasteiger partial charge >= 0.3 is 0 Å². The second kappa shape index (κ2) is 6.86. The van der Waals surface area contributed by atoms with Gasteiger partial charge in [0.1, 0.15) is 0 Å². The first-order valence-corrected chi connectivity index (χ1v) is 7.15. The molecule has 1 heterocycles. The van der Waals surface area contributed by atoms with E-state index in [-0.39, 0.29) is 0 Å². The highest BCUT2D eigenvalue weighted by molar-refractivity contribution is 5.03. The van der Waals surface area contributed by atoms with Crippen molar-refractivity contribution in [3.8, 4) is 0 Å². The van der Waals surface area contributed by atoms with E-state index in [1.807, 2.05) is 12.3 Å². The Morgan fingerprint density at radius 2 is 2.28 bits per heavy atom. The van der Waals surface area contributed by atoms with E-state index >= 15 is 0 Å². The SMILES string of the molecule is CCN(Cc1ccccn1)CC1CCCC(N)C1. The molecule has 2 unspecified atom stereocenters. The fraction of sp³-hybridized carbons (Fsp3) is 0.667. The largest absolute Gasteiger partial charge is 0.328 e. The third kappa shape index (κ3) is 4.07. The topological polar surface area (TPSA) is 42.2 Å². The summed E-state index contributed by atoms with van der Waals surface area (Å²) in [5.74, 6) is 0.775. The van der Waals surface area contributed by atoms with Crippen LogP contribution in [-0.4, -0.2) is 29.0 Å². The van der Waals surface area contributed by atoms with Gasteiger partial charge in [0.05, 0.1) is 5.69 Å². The maximum absolute atomic E-state index is 6.06. The van der Waals surface area contributed by atoms with Crippen molar-refractivity contribution in [1.29, 1.82) is 0 Å². The second-order valence-corrected chi connectivity index (χ2v) is 5.44. The molecule has 1 fully saturated rings. The van der Waals surface area contributed by atoms with Crippen molar-refractivity contribution in [2.45, 2.75) is 45.2 Å². The molecule has 0 amide bonds. The Hall–Kier alpha value is -0.930. The van der Waals surface area contributed by atoms with Crippen LogP contribution in [0.1, 0.15) is 38.3 Å². The van der Waals surface area contributed by atoms with E-state index in [1.165, 1.54) is 37.9 Å². The molecule has 2 atom stereocenters. The van der Waals surface area contributed by atoms with Crippen LogP contribution in [0.2, 0.25) is 0 Å². The Morgan fingerprint density at radius 1 is 1.39 bits per heavy atom. The summed E-state index contributed by atoms with van der Waals surface area (Å²) in [5, 5.41) is 0. The number of pyridine rings is 1. The van der Waals surface area contributed by atoms with Crippen molar-refractivity contribution in [3.05, 3.63) is 30.1 Å². The van der Waals surface area contributed by atoms with Crippen molar-refractivity contribution in [1.82, 2.24) is 9.88 Å². The molecule has 1 aliphatic carbocycles. The van der Waals surface area contributed by atoms with Gasteiger partial charge < -0.3 is 5.73 Å². The molecule has 2 rings (SSSR count). The molecular weight excluding hydrogens is 222 g/mol. The fourth-order valence-corrected chi connectivity index (χ4v) is 2.89. The Bertz CT molecular complexity index is 339. The predicted molar refractivity (Wildman–Crippen MR) is 75.1 cm³/mol. The molecular formula is C15H25N3. The molecule has 2 N–H and O–H groups in total. The van der Waals surface area contributed by atoms with Crippen molar-refractivity contribution in [3.63, 3.8) is 0 Å². The first kappa shape index (κ1) is 13.5. The molecule has 0 radical (unpaired) electrons. The lowest BCUT2D eigenvalue weighted by Gasteiger charge is -2.31. The standard InChI is InChI=1S/C15H25N3/c1-2-18(12-15-8-3-4-9-17-15)11-13-6-5-7-14(16)10-13/h3-4,8-9,13-14H,2,5-7,10-12,16H2,1H3. The van der Waals surface area contributed by atoms with E-state index in [0.717, 1.165) is 19.0 Å². The van der Waals surface area contributed by atoms with Gasteiger partial charge in [0.15, 0.2) is 0 Å². The highest BCUT2D eigenvalue weighted by Gasteiger charge is 2.21. The van der Waals surface area contributed by atoms with Crippen molar-refractivity contribution >= 4 is 0 Å². The molecule has 0 saturated heterocycles. The Labute approximate surface area is 110 Å². The monoisotopic (exact) mass is 247 g/mol. The second-order valence-electron chi connectivity index (χ2n) is 5.44. The number of aromatic nitrogens is 1. The van der Waals surface area contributed by atoms with Gasteiger partial charge in [0.2, 0.25) is 0 Å². The molecule has 3 nitrogen and oxygen atoms in total. The number of nitrogens with two attached hydrogens (primary N) is 1. The third-order valence-electron chi connectivity index (χ3n) is 3.90. The van der Waals surface area contributed by atoms with Gasteiger partial charge in [-0.15, -0.1) is 0 Å². The molecule has 1 saturated carbocycles. The van der Waals surface area contributed by atoms with Gasteiger partial charge in [-0.25, -0.2) is 0 Å². The average molecular weight is 247 g/mol. The number of hydrogen-bond acceptors (Lipinski definition) is 3. The van der Waals surface area contributed by atoms with Gasteiger partial charge in [0, 0.05) is 25.3 Å². The van der Waals surface area contributed by atoms with Crippen LogP contribution in [0.3, 0.4) is 0 Å². The highest BCUT2D eigenvalue weighted by atomic mass is 15.1. The van der Waals surface area contributed by atoms with Crippen LogP contribution in [0, 0.1) is 5.92 Å². The van der Waals surface area contributed by atoms with E-state index in [1.54, 1.807) is 0 Å². The lowest BCUT2D eigenvalue weighted by Crippen LogP contribution is -2.35. The first-order valence-electron chi connectivity index (χ1n) is 7.15. The van der Waals surface area contributed by atoms with Gasteiger partial charge in [-0.3, -0.25) is 9.88 Å². The molecule has 3 heteroatoms. The molecule has 1 aliphatic rings. The van der Waals surface area contributed by atoms with E-state index in [4.69, 9.17) is 5.73 Å². The minimum Gasteiger partial charge on any atom is -0.328 e. The van der Waals surface area contributed by atoms with Gasteiger partial charge in [0.25, 0.3) is 0 Å². The zero-order valence-electron chi connectivity index (χ0n) is 11.4. The number of nitrogens with zero attached hydrogens (tertiary/aromatic N) is 2. The highest BCUT2D eigenvalue weighted by Crippen LogP contribution is 2.24. The quantitative estimate of drug-likeness (QED) is 0.869. The van der Waals surface area contributed by atoms with Gasteiger partial charge in [-0.1, -0.05) is 19.4 Å². The number of rotatable bonds is 5. The summed E-state index contributed by atoms with van der Waals surface area (Å²) in [6.07, 6.45) is 6.92. The summed E-state index contributed by atoms with van der Waals surface area (Å²) in [5.41, 5.74) is 7.23. The minimum atomic E-state index is 0.428. The van der Waals surface area contributed by atoms with Crippen LogP contribution in [0.4, 0.5) is 0 Å². The van der Waals surface area contributed by atoms with Gasteiger partial charge in [-0.2, -0.15) is 0 Å². The molecule has 100 valence electrons. The maximum Gasteiger partial charge on any atom is 0.0543 e. The normalized spacial score (nSPS) is 24.4. The summed E-state index contributed by atoms with van der Waals surface area (Å²) < 4.78 is 0. The average Bonchev–Trinajstić information content (AvgIpc) is 2.39. The van der Waals surface area contributed by atoms with E-state index in [2.05, 4.69) is 28.9 Å². The molecule has 18 heavy (non-hydrogen) atoms. The molecule has 0 spiro atoms. The Kier molecular flexibility index (Phi) is 5.14. The van der Waals surface area contributed by atoms with Crippen molar-refractivity contribution < 1.29 is 0 Å². The Morgan fingerprint density at radius 3 is 2.94 bits per heavy atom. The van der Waals surface area contributed by atoms with Gasteiger partial charge in [-0.05, 0) is 43.9 Å². The predicted octanol–water partition coefficient (Wildman–Crippen LogP) is 2.42. The zero-order chi connectivity index (χ0) is 12.8. The Balaban J connectivity index is 1.85. The molecule has 1 aromatic rings. The van der Waals surface area contributed by atoms with Crippen LogP contribution in [0.25, 0.3) is 0 Å². The maximum atomic E-state index is 6.06. The van der Waals surface area contributed by atoms with Crippen LogP contribution >= 0.6 is 0 Å². The van der Waals surface area contributed by atoms with Crippen LogP contribution in [0.15, 0.2) is 24.4 Å². The summed E-state index contributed by atoms with van der Waals surface area (Å²) in [6.45, 7) is 5.44. The molecule has 1 aromatic heterocycles. The molecule has 0 aromatic carbocycles. The zero-order valence-corrected chi connectivity index (χ0v) is 11.4. The summed E-state index contributed by atoms with van der Waals surface area (Å²) in [4.78, 5) is 6.90. The minimum absolute atomic E-state index is 0.428. The summed E-state index contributed by atoms with van der Waals surface area (Å²) in [6, 6.07) is 6.57. The first-order chi connectivity index (χ1) is 8.78. The lowest BCUT2D eigenvalue weighted by molar-refractivity contribution is 0.191. The lowest BCUT2D eigenvalue weighted by atomic mass is 9.86. The number of hydrogen-bond donors (Lipinski definition) is 1. The smallest absolute Gasteiger partial charge is 0.0543 e. The van der Waals surface area contributed by atoms with E-state index < -0.39 is 0 Å². The summed E-state index contributed by atoms with van der Waals surface area (Å²) >= 11 is 0. The molecule has 0 bridgehead atoms.